The average molecular weight is 257 g/mol. The van der Waals surface area contributed by atoms with Gasteiger partial charge in [0.2, 0.25) is 0 Å². The summed E-state index contributed by atoms with van der Waals surface area (Å²) in [6, 6.07) is 5.98. The molecule has 0 aliphatic rings. The van der Waals surface area contributed by atoms with E-state index in [4.69, 9.17) is 10.3 Å². The van der Waals surface area contributed by atoms with Crippen molar-refractivity contribution in [2.75, 3.05) is 0 Å². The lowest BCUT2D eigenvalue weighted by Crippen LogP contribution is -2.14. The number of hydrogen-bond donors (Lipinski definition) is 2. The second kappa shape index (κ2) is 6.14. The van der Waals surface area contributed by atoms with Gasteiger partial charge in [-0.1, -0.05) is 44.4 Å². The summed E-state index contributed by atoms with van der Waals surface area (Å²) in [5.74, 6) is 0. The van der Waals surface area contributed by atoms with Gasteiger partial charge in [-0.2, -0.15) is 8.42 Å². The topological polar surface area (TPSA) is 80.4 Å². The van der Waals surface area contributed by atoms with Crippen LogP contribution in [0.25, 0.3) is 0 Å². The van der Waals surface area contributed by atoms with E-state index in [-0.39, 0.29) is 10.9 Å². The van der Waals surface area contributed by atoms with Crippen molar-refractivity contribution >= 4 is 10.1 Å². The molecule has 1 aromatic carbocycles. The highest BCUT2D eigenvalue weighted by Crippen LogP contribution is 2.24. The third-order valence-corrected chi connectivity index (χ3v) is 3.64. The lowest BCUT2D eigenvalue weighted by Gasteiger charge is -2.14. The summed E-state index contributed by atoms with van der Waals surface area (Å²) in [6.45, 7) is 2.09. The molecule has 0 aliphatic heterocycles. The molecule has 1 unspecified atom stereocenters. The van der Waals surface area contributed by atoms with Crippen LogP contribution in [0.15, 0.2) is 29.2 Å². The SMILES string of the molecule is CCCCCC(N)c1ccccc1S(=O)(=O)O. The van der Waals surface area contributed by atoms with Gasteiger partial charge in [0.25, 0.3) is 10.1 Å². The summed E-state index contributed by atoms with van der Waals surface area (Å²) >= 11 is 0. The van der Waals surface area contributed by atoms with Crippen LogP contribution in [0.1, 0.15) is 44.2 Å². The summed E-state index contributed by atoms with van der Waals surface area (Å²) in [4.78, 5) is -0.0796. The van der Waals surface area contributed by atoms with E-state index in [9.17, 15) is 8.42 Å². The van der Waals surface area contributed by atoms with Crippen molar-refractivity contribution in [1.82, 2.24) is 0 Å². The molecule has 3 N–H and O–H groups in total. The number of unbranched alkanes of at least 4 members (excludes halogenated alkanes) is 2. The fourth-order valence-electron chi connectivity index (χ4n) is 1.79. The Labute approximate surface area is 103 Å². The van der Waals surface area contributed by atoms with Gasteiger partial charge in [-0.15, -0.1) is 0 Å². The Bertz CT molecular complexity index is 457. The Hall–Kier alpha value is -0.910. The van der Waals surface area contributed by atoms with Gasteiger partial charge in [0.15, 0.2) is 0 Å². The molecule has 0 spiro atoms. The molecule has 1 atom stereocenters. The lowest BCUT2D eigenvalue weighted by molar-refractivity contribution is 0.479. The van der Waals surface area contributed by atoms with Gasteiger partial charge in [-0.05, 0) is 18.1 Å². The van der Waals surface area contributed by atoms with Crippen molar-refractivity contribution in [3.63, 3.8) is 0 Å². The van der Waals surface area contributed by atoms with Crippen molar-refractivity contribution in [1.29, 1.82) is 0 Å². The second-order valence-corrected chi connectivity index (χ2v) is 5.51. The minimum Gasteiger partial charge on any atom is -0.324 e. The normalized spacial score (nSPS) is 13.6. The van der Waals surface area contributed by atoms with Crippen LogP contribution in [-0.4, -0.2) is 13.0 Å². The molecule has 17 heavy (non-hydrogen) atoms. The highest BCUT2D eigenvalue weighted by Gasteiger charge is 2.18. The highest BCUT2D eigenvalue weighted by atomic mass is 32.2. The molecule has 0 radical (unpaired) electrons. The zero-order valence-electron chi connectivity index (χ0n) is 9.96. The van der Waals surface area contributed by atoms with Crippen LogP contribution in [0.3, 0.4) is 0 Å². The van der Waals surface area contributed by atoms with Gasteiger partial charge >= 0.3 is 0 Å². The molecule has 1 rings (SSSR count). The summed E-state index contributed by atoms with van der Waals surface area (Å²) in [5, 5.41) is 0. The molecular formula is C12H19NO3S. The van der Waals surface area contributed by atoms with Gasteiger partial charge < -0.3 is 5.73 Å². The average Bonchev–Trinajstić information content (AvgIpc) is 2.28. The van der Waals surface area contributed by atoms with Gasteiger partial charge in [0, 0.05) is 6.04 Å². The zero-order valence-corrected chi connectivity index (χ0v) is 10.8. The van der Waals surface area contributed by atoms with E-state index in [1.54, 1.807) is 18.2 Å². The Morgan fingerprint density at radius 2 is 1.94 bits per heavy atom. The molecule has 5 heteroatoms. The Morgan fingerprint density at radius 3 is 2.53 bits per heavy atom. The zero-order chi connectivity index (χ0) is 12.9. The molecule has 0 heterocycles. The van der Waals surface area contributed by atoms with Crippen LogP contribution in [-0.2, 0) is 10.1 Å². The Kier molecular flexibility index (Phi) is 5.11. The van der Waals surface area contributed by atoms with Crippen molar-refractivity contribution in [3.05, 3.63) is 29.8 Å². The van der Waals surface area contributed by atoms with E-state index in [0.717, 1.165) is 25.7 Å². The monoisotopic (exact) mass is 257 g/mol. The van der Waals surface area contributed by atoms with Gasteiger partial charge in [-0.3, -0.25) is 4.55 Å². The Balaban J connectivity index is 2.90. The molecule has 4 nitrogen and oxygen atoms in total. The van der Waals surface area contributed by atoms with Crippen LogP contribution in [0.4, 0.5) is 0 Å². The fourth-order valence-corrected chi connectivity index (χ4v) is 2.56. The summed E-state index contributed by atoms with van der Waals surface area (Å²) in [5.41, 5.74) is 6.45. The molecule has 0 aromatic heterocycles. The number of hydrogen-bond acceptors (Lipinski definition) is 3. The number of rotatable bonds is 6. The lowest BCUT2D eigenvalue weighted by atomic mass is 10.0. The molecule has 96 valence electrons. The van der Waals surface area contributed by atoms with E-state index in [1.165, 1.54) is 6.07 Å². The summed E-state index contributed by atoms with van der Waals surface area (Å²) in [6.07, 6.45) is 3.84. The molecule has 0 bridgehead atoms. The molecule has 0 fully saturated rings. The summed E-state index contributed by atoms with van der Waals surface area (Å²) < 4.78 is 31.5. The molecular weight excluding hydrogens is 238 g/mol. The van der Waals surface area contributed by atoms with Crippen molar-refractivity contribution in [2.24, 2.45) is 5.73 Å². The maximum absolute atomic E-state index is 11.2. The maximum Gasteiger partial charge on any atom is 0.294 e. The molecule has 0 aliphatic carbocycles. The first-order chi connectivity index (χ1) is 7.96. The van der Waals surface area contributed by atoms with Crippen LogP contribution in [0, 0.1) is 0 Å². The van der Waals surface area contributed by atoms with E-state index >= 15 is 0 Å². The van der Waals surface area contributed by atoms with E-state index < -0.39 is 10.1 Å². The quantitative estimate of drug-likeness (QED) is 0.606. The highest BCUT2D eigenvalue weighted by molar-refractivity contribution is 7.85. The first kappa shape index (κ1) is 14.2. The van der Waals surface area contributed by atoms with Crippen molar-refractivity contribution in [3.8, 4) is 0 Å². The van der Waals surface area contributed by atoms with Crippen molar-refractivity contribution in [2.45, 2.75) is 43.5 Å². The van der Waals surface area contributed by atoms with Gasteiger partial charge in [0.05, 0.1) is 4.90 Å². The predicted molar refractivity (Wildman–Crippen MR) is 67.3 cm³/mol. The third kappa shape index (κ3) is 4.11. The molecule has 0 saturated carbocycles. The second-order valence-electron chi connectivity index (χ2n) is 4.12. The summed E-state index contributed by atoms with van der Waals surface area (Å²) in [7, 11) is -4.19. The van der Waals surface area contributed by atoms with Crippen LogP contribution in [0.2, 0.25) is 0 Å². The first-order valence-corrected chi connectivity index (χ1v) is 7.22. The van der Waals surface area contributed by atoms with Crippen molar-refractivity contribution < 1.29 is 13.0 Å². The molecule has 1 aromatic rings. The minimum atomic E-state index is -4.19. The minimum absolute atomic E-state index is 0.0796. The fraction of sp³-hybridized carbons (Fsp3) is 0.500. The largest absolute Gasteiger partial charge is 0.324 e. The van der Waals surface area contributed by atoms with E-state index in [1.807, 2.05) is 0 Å². The van der Waals surface area contributed by atoms with Crippen LogP contribution in [0.5, 0.6) is 0 Å². The van der Waals surface area contributed by atoms with Gasteiger partial charge in [0.1, 0.15) is 0 Å². The smallest absolute Gasteiger partial charge is 0.294 e. The van der Waals surface area contributed by atoms with Gasteiger partial charge in [-0.25, -0.2) is 0 Å². The molecule has 0 saturated heterocycles. The standard InChI is InChI=1S/C12H19NO3S/c1-2-3-4-8-11(13)10-7-5-6-9-12(10)17(14,15)16/h5-7,9,11H,2-4,8,13H2,1H3,(H,14,15,16). The van der Waals surface area contributed by atoms with E-state index in [0.29, 0.717) is 5.56 Å². The maximum atomic E-state index is 11.2. The third-order valence-electron chi connectivity index (χ3n) is 2.72. The Morgan fingerprint density at radius 1 is 1.29 bits per heavy atom. The van der Waals surface area contributed by atoms with E-state index in [2.05, 4.69) is 6.92 Å². The predicted octanol–water partition coefficient (Wildman–Crippen LogP) is 2.51. The molecule has 0 amide bonds. The number of nitrogens with two attached hydrogens (primary N) is 1. The first-order valence-electron chi connectivity index (χ1n) is 5.78. The number of benzene rings is 1. The van der Waals surface area contributed by atoms with Crippen LogP contribution < -0.4 is 5.73 Å². The van der Waals surface area contributed by atoms with Crippen LogP contribution >= 0.6 is 0 Å².